The first-order chi connectivity index (χ1) is 11.1. The molecule has 4 heteroatoms. The van der Waals surface area contributed by atoms with Crippen molar-refractivity contribution in [2.45, 2.75) is 19.4 Å². The lowest BCUT2D eigenvalue weighted by Gasteiger charge is -2.25. The summed E-state index contributed by atoms with van der Waals surface area (Å²) in [5.41, 5.74) is 2.51. The molecule has 1 amide bonds. The fourth-order valence-corrected chi connectivity index (χ4v) is 2.37. The van der Waals surface area contributed by atoms with Gasteiger partial charge in [0.2, 0.25) is 5.91 Å². The van der Waals surface area contributed by atoms with Crippen molar-refractivity contribution in [2.75, 3.05) is 20.6 Å². The lowest BCUT2D eigenvalue weighted by molar-refractivity contribution is -0.116. The average molecular weight is 312 g/mol. The maximum absolute atomic E-state index is 11.9. The Morgan fingerprint density at radius 2 is 2.00 bits per heavy atom. The van der Waals surface area contributed by atoms with Crippen molar-refractivity contribution < 1.29 is 9.21 Å². The summed E-state index contributed by atoms with van der Waals surface area (Å²) in [6.45, 7) is 2.70. The van der Waals surface area contributed by atoms with E-state index in [2.05, 4.69) is 41.4 Å². The third-order valence-electron chi connectivity index (χ3n) is 3.81. The molecule has 1 aromatic carbocycles. The Bertz CT molecular complexity index is 628. The second kappa shape index (κ2) is 8.34. The molecule has 1 N–H and O–H groups in total. The minimum Gasteiger partial charge on any atom is -0.465 e. The maximum atomic E-state index is 11.9. The number of furan rings is 1. The Hall–Kier alpha value is -2.33. The van der Waals surface area contributed by atoms with E-state index in [1.807, 2.05) is 20.2 Å². The van der Waals surface area contributed by atoms with Crippen LogP contribution in [0.15, 0.2) is 53.2 Å². The van der Waals surface area contributed by atoms with Gasteiger partial charge in [-0.25, -0.2) is 0 Å². The van der Waals surface area contributed by atoms with Crippen molar-refractivity contribution in [1.82, 2.24) is 10.2 Å². The van der Waals surface area contributed by atoms with Crippen LogP contribution in [0.3, 0.4) is 0 Å². The van der Waals surface area contributed by atoms with Crippen LogP contribution in [0.2, 0.25) is 0 Å². The number of hydrogen-bond donors (Lipinski definition) is 1. The number of nitrogens with one attached hydrogen (secondary N) is 1. The highest BCUT2D eigenvalue weighted by Gasteiger charge is 2.14. The van der Waals surface area contributed by atoms with Gasteiger partial charge in [0.1, 0.15) is 5.76 Å². The molecular formula is C19H24N2O2. The van der Waals surface area contributed by atoms with Crippen molar-refractivity contribution >= 4 is 12.0 Å². The summed E-state index contributed by atoms with van der Waals surface area (Å²) in [5.74, 6) is 0.540. The zero-order valence-electron chi connectivity index (χ0n) is 14.0. The molecule has 2 aromatic rings. The van der Waals surface area contributed by atoms with Crippen molar-refractivity contribution in [3.05, 3.63) is 65.6 Å². The lowest BCUT2D eigenvalue weighted by Crippen LogP contribution is -2.33. The standard InChI is InChI=1S/C19H24N2O2/c1-4-15-7-9-16(10-8-15)18(21(2)3)14-20-19(22)12-11-17-6-5-13-23-17/h5-13,18H,4,14H2,1-3H3,(H,20,22). The molecule has 0 bridgehead atoms. The van der Waals surface area contributed by atoms with E-state index in [9.17, 15) is 4.79 Å². The molecule has 1 atom stereocenters. The van der Waals surface area contributed by atoms with Crippen molar-refractivity contribution in [3.8, 4) is 0 Å². The molecule has 1 aromatic heterocycles. The van der Waals surface area contributed by atoms with E-state index in [0.29, 0.717) is 12.3 Å². The van der Waals surface area contributed by atoms with E-state index >= 15 is 0 Å². The van der Waals surface area contributed by atoms with Gasteiger partial charge in [-0.15, -0.1) is 0 Å². The number of aryl methyl sites for hydroxylation is 1. The predicted octanol–water partition coefficient (Wildman–Crippen LogP) is 3.27. The number of hydrogen-bond acceptors (Lipinski definition) is 3. The van der Waals surface area contributed by atoms with Crippen LogP contribution in [0.4, 0.5) is 0 Å². The van der Waals surface area contributed by atoms with Crippen LogP contribution in [0.5, 0.6) is 0 Å². The average Bonchev–Trinajstić information content (AvgIpc) is 3.07. The minimum absolute atomic E-state index is 0.126. The predicted molar refractivity (Wildman–Crippen MR) is 93.0 cm³/mol. The maximum Gasteiger partial charge on any atom is 0.244 e. The van der Waals surface area contributed by atoms with Crippen LogP contribution >= 0.6 is 0 Å². The first kappa shape index (κ1) is 17.0. The highest BCUT2D eigenvalue weighted by Crippen LogP contribution is 2.18. The largest absolute Gasteiger partial charge is 0.465 e. The normalized spacial score (nSPS) is 12.7. The van der Waals surface area contributed by atoms with Crippen LogP contribution in [-0.4, -0.2) is 31.4 Å². The number of nitrogens with zero attached hydrogens (tertiary/aromatic N) is 1. The monoisotopic (exact) mass is 312 g/mol. The molecule has 2 rings (SSSR count). The van der Waals surface area contributed by atoms with Crippen LogP contribution in [0, 0.1) is 0 Å². The van der Waals surface area contributed by atoms with Gasteiger partial charge >= 0.3 is 0 Å². The molecule has 0 fully saturated rings. The quantitative estimate of drug-likeness (QED) is 0.798. The van der Waals surface area contributed by atoms with E-state index < -0.39 is 0 Å². The fraction of sp³-hybridized carbons (Fsp3) is 0.316. The summed E-state index contributed by atoms with van der Waals surface area (Å²) < 4.78 is 5.16. The van der Waals surface area contributed by atoms with Gasteiger partial charge in [-0.3, -0.25) is 4.79 Å². The fourth-order valence-electron chi connectivity index (χ4n) is 2.37. The summed E-state index contributed by atoms with van der Waals surface area (Å²) in [5, 5.41) is 2.94. The summed E-state index contributed by atoms with van der Waals surface area (Å²) >= 11 is 0. The number of likely N-dealkylation sites (N-methyl/N-ethyl adjacent to an activating group) is 1. The number of carbonyl (C=O) groups is 1. The van der Waals surface area contributed by atoms with Crippen molar-refractivity contribution in [2.24, 2.45) is 0 Å². The molecule has 0 aliphatic carbocycles. The van der Waals surface area contributed by atoms with Crippen LogP contribution < -0.4 is 5.32 Å². The van der Waals surface area contributed by atoms with Gasteiger partial charge in [-0.2, -0.15) is 0 Å². The van der Waals surface area contributed by atoms with E-state index in [1.165, 1.54) is 17.2 Å². The van der Waals surface area contributed by atoms with Gasteiger partial charge in [-0.1, -0.05) is 31.2 Å². The van der Waals surface area contributed by atoms with Crippen molar-refractivity contribution in [1.29, 1.82) is 0 Å². The third-order valence-corrected chi connectivity index (χ3v) is 3.81. The highest BCUT2D eigenvalue weighted by atomic mass is 16.3. The van der Waals surface area contributed by atoms with E-state index in [-0.39, 0.29) is 11.9 Å². The van der Waals surface area contributed by atoms with Crippen LogP contribution in [-0.2, 0) is 11.2 Å². The zero-order valence-corrected chi connectivity index (χ0v) is 14.0. The second-order valence-corrected chi connectivity index (χ2v) is 5.67. The molecule has 1 heterocycles. The molecule has 23 heavy (non-hydrogen) atoms. The molecule has 0 spiro atoms. The summed E-state index contributed by atoms with van der Waals surface area (Å²) in [6.07, 6.45) is 5.77. The van der Waals surface area contributed by atoms with Gasteiger partial charge in [0.25, 0.3) is 0 Å². The minimum atomic E-state index is -0.126. The molecule has 0 radical (unpaired) electrons. The Morgan fingerprint density at radius 1 is 1.26 bits per heavy atom. The Labute approximate surface area is 137 Å². The third kappa shape index (κ3) is 5.11. The smallest absolute Gasteiger partial charge is 0.244 e. The second-order valence-electron chi connectivity index (χ2n) is 5.67. The van der Waals surface area contributed by atoms with E-state index in [4.69, 9.17) is 4.42 Å². The summed E-state index contributed by atoms with van der Waals surface area (Å²) in [4.78, 5) is 14.0. The molecule has 1 unspecified atom stereocenters. The van der Waals surface area contributed by atoms with Crippen LogP contribution in [0.25, 0.3) is 6.08 Å². The first-order valence-corrected chi connectivity index (χ1v) is 7.85. The molecule has 0 aliphatic heterocycles. The van der Waals surface area contributed by atoms with Gasteiger partial charge in [0.05, 0.1) is 12.3 Å². The Balaban J connectivity index is 1.95. The molecule has 0 saturated carbocycles. The Kier molecular flexibility index (Phi) is 6.18. The molecule has 122 valence electrons. The number of rotatable bonds is 7. The van der Waals surface area contributed by atoms with E-state index in [1.54, 1.807) is 18.4 Å². The van der Waals surface area contributed by atoms with Gasteiger partial charge in [0.15, 0.2) is 0 Å². The van der Waals surface area contributed by atoms with Crippen molar-refractivity contribution in [3.63, 3.8) is 0 Å². The Morgan fingerprint density at radius 3 is 2.57 bits per heavy atom. The summed E-state index contributed by atoms with van der Waals surface area (Å²) in [6, 6.07) is 12.3. The molecule has 4 nitrogen and oxygen atoms in total. The number of amides is 1. The zero-order chi connectivity index (χ0) is 16.7. The SMILES string of the molecule is CCc1ccc(C(CNC(=O)C=Cc2ccco2)N(C)C)cc1. The topological polar surface area (TPSA) is 45.5 Å². The molecule has 0 aliphatic rings. The molecule has 0 saturated heterocycles. The van der Waals surface area contributed by atoms with Gasteiger partial charge in [-0.05, 0) is 49.9 Å². The number of carbonyl (C=O) groups excluding carboxylic acids is 1. The van der Waals surface area contributed by atoms with Gasteiger partial charge < -0.3 is 14.6 Å². The highest BCUT2D eigenvalue weighted by molar-refractivity contribution is 5.91. The lowest BCUT2D eigenvalue weighted by atomic mass is 10.0. The number of benzene rings is 1. The van der Waals surface area contributed by atoms with E-state index in [0.717, 1.165) is 6.42 Å². The first-order valence-electron chi connectivity index (χ1n) is 7.85. The molecular weight excluding hydrogens is 288 g/mol. The van der Waals surface area contributed by atoms with Gasteiger partial charge in [0, 0.05) is 12.6 Å². The van der Waals surface area contributed by atoms with Crippen LogP contribution in [0.1, 0.15) is 29.9 Å². The summed E-state index contributed by atoms with van der Waals surface area (Å²) in [7, 11) is 4.03.